The second kappa shape index (κ2) is 4.43. The SMILES string of the molecule is CNc1cc(C)c2oc(-c3cccc(C)c3)nc2c1. The van der Waals surface area contributed by atoms with Crippen LogP contribution in [0.25, 0.3) is 22.6 Å². The van der Waals surface area contributed by atoms with Crippen molar-refractivity contribution in [3.63, 3.8) is 0 Å². The Morgan fingerprint density at radius 2 is 1.95 bits per heavy atom. The summed E-state index contributed by atoms with van der Waals surface area (Å²) in [6.07, 6.45) is 0. The molecule has 1 aromatic heterocycles. The quantitative estimate of drug-likeness (QED) is 0.744. The molecule has 0 aliphatic carbocycles. The van der Waals surface area contributed by atoms with Gasteiger partial charge in [0.05, 0.1) is 0 Å². The number of nitrogens with one attached hydrogen (secondary N) is 1. The van der Waals surface area contributed by atoms with Crippen LogP contribution in [0.4, 0.5) is 5.69 Å². The van der Waals surface area contributed by atoms with Gasteiger partial charge in [0, 0.05) is 18.3 Å². The van der Waals surface area contributed by atoms with Gasteiger partial charge in [-0.05, 0) is 43.7 Å². The van der Waals surface area contributed by atoms with Gasteiger partial charge < -0.3 is 9.73 Å². The van der Waals surface area contributed by atoms with Crippen molar-refractivity contribution in [2.45, 2.75) is 13.8 Å². The average Bonchev–Trinajstić information content (AvgIpc) is 2.83. The Hall–Kier alpha value is -2.29. The van der Waals surface area contributed by atoms with E-state index in [9.17, 15) is 0 Å². The number of benzene rings is 2. The molecule has 1 N–H and O–H groups in total. The Morgan fingerprint density at radius 1 is 1.11 bits per heavy atom. The first-order valence-electron chi connectivity index (χ1n) is 6.33. The van der Waals surface area contributed by atoms with Gasteiger partial charge in [-0.3, -0.25) is 0 Å². The number of aromatic nitrogens is 1. The van der Waals surface area contributed by atoms with Gasteiger partial charge in [-0.1, -0.05) is 17.7 Å². The van der Waals surface area contributed by atoms with Gasteiger partial charge in [-0.2, -0.15) is 0 Å². The fourth-order valence-electron chi connectivity index (χ4n) is 2.25. The smallest absolute Gasteiger partial charge is 0.227 e. The number of anilines is 1. The average molecular weight is 252 g/mol. The molecule has 3 nitrogen and oxygen atoms in total. The topological polar surface area (TPSA) is 38.1 Å². The maximum atomic E-state index is 5.90. The number of hydrogen-bond donors (Lipinski definition) is 1. The molecule has 0 radical (unpaired) electrons. The van der Waals surface area contributed by atoms with Gasteiger partial charge in [-0.15, -0.1) is 0 Å². The lowest BCUT2D eigenvalue weighted by Gasteiger charge is -2.00. The van der Waals surface area contributed by atoms with E-state index in [-0.39, 0.29) is 0 Å². The second-order valence-electron chi connectivity index (χ2n) is 4.78. The first-order valence-corrected chi connectivity index (χ1v) is 6.33. The predicted molar refractivity (Wildman–Crippen MR) is 78.5 cm³/mol. The highest BCUT2D eigenvalue weighted by atomic mass is 16.3. The van der Waals surface area contributed by atoms with Gasteiger partial charge in [0.2, 0.25) is 5.89 Å². The van der Waals surface area contributed by atoms with Gasteiger partial charge in [0.1, 0.15) is 5.52 Å². The molecule has 3 rings (SSSR count). The van der Waals surface area contributed by atoms with E-state index in [0.29, 0.717) is 5.89 Å². The lowest BCUT2D eigenvalue weighted by Crippen LogP contribution is -1.88. The summed E-state index contributed by atoms with van der Waals surface area (Å²) in [5.41, 5.74) is 6.10. The normalized spacial score (nSPS) is 10.9. The van der Waals surface area contributed by atoms with Crippen LogP contribution in [-0.4, -0.2) is 12.0 Å². The molecular formula is C16H16N2O. The first-order chi connectivity index (χ1) is 9.17. The zero-order chi connectivity index (χ0) is 13.4. The standard InChI is InChI=1S/C16H16N2O/c1-10-5-4-6-12(7-10)16-18-14-9-13(17-3)8-11(2)15(14)19-16/h4-9,17H,1-3H3. The highest BCUT2D eigenvalue weighted by molar-refractivity contribution is 5.83. The third-order valence-corrected chi connectivity index (χ3v) is 3.23. The van der Waals surface area contributed by atoms with Crippen molar-refractivity contribution in [1.82, 2.24) is 4.98 Å². The van der Waals surface area contributed by atoms with Crippen LogP contribution in [0.15, 0.2) is 40.8 Å². The van der Waals surface area contributed by atoms with Crippen molar-refractivity contribution in [3.8, 4) is 11.5 Å². The Bertz CT molecular complexity index is 744. The molecule has 0 fully saturated rings. The largest absolute Gasteiger partial charge is 0.436 e. The molecular weight excluding hydrogens is 236 g/mol. The van der Waals surface area contributed by atoms with Crippen LogP contribution in [0.5, 0.6) is 0 Å². The van der Waals surface area contributed by atoms with E-state index in [2.05, 4.69) is 35.4 Å². The van der Waals surface area contributed by atoms with Crippen molar-refractivity contribution in [2.75, 3.05) is 12.4 Å². The van der Waals surface area contributed by atoms with E-state index in [4.69, 9.17) is 4.42 Å². The van der Waals surface area contributed by atoms with Gasteiger partial charge in [-0.25, -0.2) is 4.98 Å². The maximum absolute atomic E-state index is 5.90. The number of aryl methyl sites for hydroxylation is 2. The van der Waals surface area contributed by atoms with Crippen molar-refractivity contribution in [3.05, 3.63) is 47.5 Å². The first kappa shape index (κ1) is 11.8. The summed E-state index contributed by atoms with van der Waals surface area (Å²) in [6, 6.07) is 12.3. The van der Waals surface area contributed by atoms with Crippen molar-refractivity contribution in [1.29, 1.82) is 0 Å². The maximum Gasteiger partial charge on any atom is 0.227 e. The molecule has 0 bridgehead atoms. The highest BCUT2D eigenvalue weighted by Crippen LogP contribution is 2.29. The van der Waals surface area contributed by atoms with Gasteiger partial charge in [0.25, 0.3) is 0 Å². The van der Waals surface area contributed by atoms with Crippen molar-refractivity contribution < 1.29 is 4.42 Å². The molecule has 0 saturated carbocycles. The Balaban J connectivity index is 2.19. The molecule has 0 aliphatic heterocycles. The Kier molecular flexibility index (Phi) is 2.75. The molecule has 0 aliphatic rings. The van der Waals surface area contributed by atoms with Crippen LogP contribution in [0.3, 0.4) is 0 Å². The molecule has 0 saturated heterocycles. The predicted octanol–water partition coefficient (Wildman–Crippen LogP) is 4.15. The zero-order valence-corrected chi connectivity index (χ0v) is 11.3. The lowest BCUT2D eigenvalue weighted by atomic mass is 10.1. The lowest BCUT2D eigenvalue weighted by molar-refractivity contribution is 0.617. The van der Waals surface area contributed by atoms with Crippen molar-refractivity contribution in [2.24, 2.45) is 0 Å². The summed E-state index contributed by atoms with van der Waals surface area (Å²) < 4.78 is 5.90. The molecule has 0 spiro atoms. The summed E-state index contributed by atoms with van der Waals surface area (Å²) in [6.45, 7) is 4.10. The molecule has 3 aromatic rings. The number of nitrogens with zero attached hydrogens (tertiary/aromatic N) is 1. The number of fused-ring (bicyclic) bond motifs is 1. The molecule has 3 heteroatoms. The number of hydrogen-bond acceptors (Lipinski definition) is 3. The minimum Gasteiger partial charge on any atom is -0.436 e. The minimum absolute atomic E-state index is 0.676. The molecule has 0 unspecified atom stereocenters. The summed E-state index contributed by atoms with van der Waals surface area (Å²) in [5.74, 6) is 0.676. The summed E-state index contributed by atoms with van der Waals surface area (Å²) in [7, 11) is 1.90. The monoisotopic (exact) mass is 252 g/mol. The van der Waals surface area contributed by atoms with Gasteiger partial charge in [0.15, 0.2) is 5.58 Å². The summed E-state index contributed by atoms with van der Waals surface area (Å²) >= 11 is 0. The van der Waals surface area contributed by atoms with Crippen LogP contribution in [0.1, 0.15) is 11.1 Å². The van der Waals surface area contributed by atoms with Crippen LogP contribution >= 0.6 is 0 Å². The third kappa shape index (κ3) is 2.08. The van der Waals surface area contributed by atoms with Crippen LogP contribution in [-0.2, 0) is 0 Å². The molecule has 2 aromatic carbocycles. The van der Waals surface area contributed by atoms with Crippen LogP contribution in [0, 0.1) is 13.8 Å². The molecule has 0 amide bonds. The minimum atomic E-state index is 0.676. The van der Waals surface area contributed by atoms with E-state index >= 15 is 0 Å². The van der Waals surface area contributed by atoms with Gasteiger partial charge >= 0.3 is 0 Å². The number of rotatable bonds is 2. The number of oxazole rings is 1. The molecule has 0 atom stereocenters. The van der Waals surface area contributed by atoms with E-state index in [1.165, 1.54) is 5.56 Å². The molecule has 1 heterocycles. The third-order valence-electron chi connectivity index (χ3n) is 3.23. The molecule has 19 heavy (non-hydrogen) atoms. The van der Waals surface area contributed by atoms with Crippen LogP contribution < -0.4 is 5.32 Å². The molecule has 96 valence electrons. The van der Waals surface area contributed by atoms with E-state index in [1.54, 1.807) is 0 Å². The highest BCUT2D eigenvalue weighted by Gasteiger charge is 2.11. The Morgan fingerprint density at radius 3 is 2.68 bits per heavy atom. The van der Waals surface area contributed by atoms with Crippen LogP contribution in [0.2, 0.25) is 0 Å². The zero-order valence-electron chi connectivity index (χ0n) is 11.3. The van der Waals surface area contributed by atoms with E-state index in [1.807, 2.05) is 32.2 Å². The summed E-state index contributed by atoms with van der Waals surface area (Å²) in [5, 5.41) is 3.14. The van der Waals surface area contributed by atoms with Crippen molar-refractivity contribution >= 4 is 16.8 Å². The summed E-state index contributed by atoms with van der Waals surface area (Å²) in [4.78, 5) is 4.59. The second-order valence-corrected chi connectivity index (χ2v) is 4.78. The van der Waals surface area contributed by atoms with E-state index < -0.39 is 0 Å². The fourth-order valence-corrected chi connectivity index (χ4v) is 2.25. The van der Waals surface area contributed by atoms with E-state index in [0.717, 1.165) is 27.9 Å². The Labute approximate surface area is 112 Å². The fraction of sp³-hybridized carbons (Fsp3) is 0.188.